The van der Waals surface area contributed by atoms with Crippen molar-refractivity contribution >= 4 is 23.6 Å². The lowest BCUT2D eigenvalue weighted by atomic mass is 10.0. The van der Waals surface area contributed by atoms with Crippen LogP contribution in [0, 0.1) is 20.8 Å². The van der Waals surface area contributed by atoms with Gasteiger partial charge < -0.3 is 14.7 Å². The van der Waals surface area contributed by atoms with Gasteiger partial charge >= 0.3 is 6.03 Å². The minimum Gasteiger partial charge on any atom is -0.325 e. The van der Waals surface area contributed by atoms with Crippen molar-refractivity contribution in [3.8, 4) is 0 Å². The number of aryl methyl sites for hydroxylation is 3. The first-order valence-corrected chi connectivity index (χ1v) is 10.7. The summed E-state index contributed by atoms with van der Waals surface area (Å²) >= 11 is 0. The molecule has 2 aromatic carbocycles. The molecule has 7 nitrogen and oxygen atoms in total. The molecule has 0 N–H and O–H groups in total. The van der Waals surface area contributed by atoms with Crippen LogP contribution in [0.25, 0.3) is 0 Å². The number of amides is 3. The molecule has 0 aliphatic carbocycles. The van der Waals surface area contributed by atoms with Crippen LogP contribution >= 0.6 is 0 Å². The van der Waals surface area contributed by atoms with Crippen molar-refractivity contribution in [2.45, 2.75) is 39.5 Å². The minimum absolute atomic E-state index is 0.168. The minimum atomic E-state index is -0.488. The Bertz CT molecular complexity index is 1090. The van der Waals surface area contributed by atoms with Crippen LogP contribution in [0.1, 0.15) is 22.3 Å². The molecule has 3 aliphatic rings. The van der Waals surface area contributed by atoms with E-state index >= 15 is 0 Å². The molecule has 31 heavy (non-hydrogen) atoms. The summed E-state index contributed by atoms with van der Waals surface area (Å²) in [7, 11) is 1.74. The monoisotopic (exact) mass is 417 g/mol. The molecule has 160 valence electrons. The van der Waals surface area contributed by atoms with Gasteiger partial charge in [-0.3, -0.25) is 9.69 Å². The zero-order valence-electron chi connectivity index (χ0n) is 18.4. The molecule has 2 aromatic rings. The van der Waals surface area contributed by atoms with Crippen molar-refractivity contribution in [1.29, 1.82) is 0 Å². The van der Waals surface area contributed by atoms with Gasteiger partial charge in [-0.15, -0.1) is 0 Å². The number of rotatable bonds is 3. The van der Waals surface area contributed by atoms with E-state index in [0.29, 0.717) is 6.54 Å². The number of benzene rings is 2. The summed E-state index contributed by atoms with van der Waals surface area (Å²) in [6.45, 7) is 7.85. The predicted molar refractivity (Wildman–Crippen MR) is 120 cm³/mol. The van der Waals surface area contributed by atoms with Crippen LogP contribution < -0.4 is 4.90 Å². The number of nitrogens with zero attached hydrogens (tertiary/aromatic N) is 5. The Hall–Kier alpha value is -3.35. The fraction of sp³-hybridized carbons (Fsp3) is 0.375. The van der Waals surface area contributed by atoms with Crippen molar-refractivity contribution in [3.63, 3.8) is 0 Å². The summed E-state index contributed by atoms with van der Waals surface area (Å²) in [5.41, 5.74) is 5.44. The number of fused-ring (bicyclic) bond motifs is 3. The fourth-order valence-electron chi connectivity index (χ4n) is 4.69. The standard InChI is InChI=1S/C24H27N5O2/c1-15-6-9-19(10-7-15)27-11-12-28-20-21(25-23(27)28)26(4)24(31)29(22(20)30)14-18-13-16(2)5-8-17(18)3/h5-10,13,20-21H,11-12,14H2,1-4H3. The Morgan fingerprint density at radius 1 is 0.968 bits per heavy atom. The zero-order valence-corrected chi connectivity index (χ0v) is 18.4. The third-order valence-electron chi connectivity index (χ3n) is 6.56. The molecule has 3 amide bonds. The van der Waals surface area contributed by atoms with E-state index in [1.54, 1.807) is 11.9 Å². The van der Waals surface area contributed by atoms with Gasteiger partial charge in [-0.2, -0.15) is 0 Å². The van der Waals surface area contributed by atoms with Gasteiger partial charge in [0.1, 0.15) is 0 Å². The van der Waals surface area contributed by atoms with E-state index in [4.69, 9.17) is 4.99 Å². The number of hydrogen-bond acceptors (Lipinski definition) is 5. The van der Waals surface area contributed by atoms with Crippen LogP contribution in [0.4, 0.5) is 10.5 Å². The van der Waals surface area contributed by atoms with Gasteiger partial charge in [-0.1, -0.05) is 41.5 Å². The molecule has 2 saturated heterocycles. The molecule has 5 rings (SSSR count). The first kappa shape index (κ1) is 19.6. The second-order valence-corrected chi connectivity index (χ2v) is 8.72. The molecule has 0 radical (unpaired) electrons. The first-order chi connectivity index (χ1) is 14.8. The van der Waals surface area contributed by atoms with Crippen LogP contribution in [0.5, 0.6) is 0 Å². The smallest absolute Gasteiger partial charge is 0.325 e. The fourth-order valence-corrected chi connectivity index (χ4v) is 4.69. The highest BCUT2D eigenvalue weighted by Crippen LogP contribution is 2.34. The first-order valence-electron chi connectivity index (χ1n) is 10.7. The maximum absolute atomic E-state index is 13.5. The number of urea groups is 1. The van der Waals surface area contributed by atoms with E-state index in [1.807, 2.05) is 32.0 Å². The lowest BCUT2D eigenvalue weighted by Gasteiger charge is -2.40. The normalized spacial score (nSPS) is 22.8. The second-order valence-electron chi connectivity index (χ2n) is 8.72. The van der Waals surface area contributed by atoms with Crippen molar-refractivity contribution in [2.75, 3.05) is 25.0 Å². The van der Waals surface area contributed by atoms with Crippen LogP contribution in [0.15, 0.2) is 47.5 Å². The van der Waals surface area contributed by atoms with Gasteiger partial charge in [0.05, 0.1) is 6.54 Å². The molecule has 7 heteroatoms. The van der Waals surface area contributed by atoms with Crippen molar-refractivity contribution in [3.05, 3.63) is 64.7 Å². The number of hydrogen-bond donors (Lipinski definition) is 0. The van der Waals surface area contributed by atoms with E-state index in [9.17, 15) is 9.59 Å². The SMILES string of the molecule is Cc1ccc(N2CCN3C2=NC2C3C(=O)N(Cc3cc(C)ccc3C)C(=O)N2C)cc1. The number of carbonyl (C=O) groups excluding carboxylic acids is 2. The molecule has 0 saturated carbocycles. The maximum Gasteiger partial charge on any atom is 0.328 e. The number of likely N-dealkylation sites (N-methyl/N-ethyl adjacent to an activating group) is 1. The van der Waals surface area contributed by atoms with Crippen LogP contribution in [-0.4, -0.2) is 64.9 Å². The summed E-state index contributed by atoms with van der Waals surface area (Å²) in [5, 5.41) is 0. The Balaban J connectivity index is 1.44. The molecule has 2 fully saturated rings. The number of guanidine groups is 1. The number of carbonyl (C=O) groups is 2. The maximum atomic E-state index is 13.5. The molecule has 3 heterocycles. The van der Waals surface area contributed by atoms with Crippen molar-refractivity contribution in [2.24, 2.45) is 4.99 Å². The third-order valence-corrected chi connectivity index (χ3v) is 6.56. The molecule has 0 aromatic heterocycles. The van der Waals surface area contributed by atoms with Crippen LogP contribution in [-0.2, 0) is 11.3 Å². The molecule has 3 aliphatic heterocycles. The summed E-state index contributed by atoms with van der Waals surface area (Å²) < 4.78 is 0. The van der Waals surface area contributed by atoms with E-state index in [1.165, 1.54) is 10.5 Å². The zero-order chi connectivity index (χ0) is 21.9. The van der Waals surface area contributed by atoms with Crippen LogP contribution in [0.3, 0.4) is 0 Å². The molecular formula is C24H27N5O2. The predicted octanol–water partition coefficient (Wildman–Crippen LogP) is 2.89. The molecule has 2 unspecified atom stereocenters. The molecular weight excluding hydrogens is 390 g/mol. The lowest BCUT2D eigenvalue weighted by molar-refractivity contribution is -0.137. The average Bonchev–Trinajstić information content (AvgIpc) is 3.32. The van der Waals surface area contributed by atoms with Crippen molar-refractivity contribution < 1.29 is 9.59 Å². The van der Waals surface area contributed by atoms with Crippen LogP contribution in [0.2, 0.25) is 0 Å². The van der Waals surface area contributed by atoms with Gasteiger partial charge in [-0.05, 0) is 44.0 Å². The number of aliphatic imine (C=N–C) groups is 1. The largest absolute Gasteiger partial charge is 0.328 e. The molecule has 0 spiro atoms. The van der Waals surface area contributed by atoms with Gasteiger partial charge in [0, 0.05) is 25.8 Å². The van der Waals surface area contributed by atoms with Gasteiger partial charge in [0.15, 0.2) is 12.2 Å². The van der Waals surface area contributed by atoms with Crippen molar-refractivity contribution in [1.82, 2.24) is 14.7 Å². The number of anilines is 1. The summed E-state index contributed by atoms with van der Waals surface area (Å²) in [6.07, 6.45) is -0.488. The summed E-state index contributed by atoms with van der Waals surface area (Å²) in [4.78, 5) is 38.7. The number of imide groups is 1. The molecule has 2 atom stereocenters. The second kappa shape index (κ2) is 7.11. The molecule has 0 bridgehead atoms. The van der Waals surface area contributed by atoms with Gasteiger partial charge in [-0.25, -0.2) is 9.79 Å². The summed E-state index contributed by atoms with van der Waals surface area (Å²) in [6, 6.07) is 13.7. The van der Waals surface area contributed by atoms with E-state index in [0.717, 1.165) is 34.9 Å². The Kier molecular flexibility index (Phi) is 4.50. The third kappa shape index (κ3) is 3.07. The lowest BCUT2D eigenvalue weighted by Crippen LogP contribution is -2.64. The quantitative estimate of drug-likeness (QED) is 0.771. The highest BCUT2D eigenvalue weighted by atomic mass is 16.2. The topological polar surface area (TPSA) is 59.5 Å². The van der Waals surface area contributed by atoms with E-state index < -0.39 is 12.2 Å². The van der Waals surface area contributed by atoms with Gasteiger partial charge in [0.25, 0.3) is 5.91 Å². The average molecular weight is 418 g/mol. The Morgan fingerprint density at radius 3 is 2.42 bits per heavy atom. The van der Waals surface area contributed by atoms with Gasteiger partial charge in [0.2, 0.25) is 5.96 Å². The van der Waals surface area contributed by atoms with E-state index in [2.05, 4.69) is 41.0 Å². The highest BCUT2D eigenvalue weighted by Gasteiger charge is 2.54. The summed E-state index contributed by atoms with van der Waals surface area (Å²) in [5.74, 6) is 0.610. The highest BCUT2D eigenvalue weighted by molar-refractivity contribution is 6.07. The Morgan fingerprint density at radius 2 is 1.68 bits per heavy atom. The van der Waals surface area contributed by atoms with E-state index in [-0.39, 0.29) is 18.5 Å². The Labute approximate surface area is 182 Å².